The van der Waals surface area contributed by atoms with Crippen LogP contribution in [0.4, 0.5) is 22.8 Å². The number of carbonyl (C=O) groups excluding carboxylic acids is 2. The zero-order valence-electron chi connectivity index (χ0n) is 24.5. The van der Waals surface area contributed by atoms with Gasteiger partial charge in [-0.2, -0.15) is 13.2 Å². The highest BCUT2D eigenvalue weighted by atomic mass is 31.2. The third-order valence-electron chi connectivity index (χ3n) is 4.94. The van der Waals surface area contributed by atoms with Crippen molar-refractivity contribution in [2.75, 3.05) is 7.11 Å². The number of aliphatic carboxylic acids is 2. The van der Waals surface area contributed by atoms with Gasteiger partial charge in [0.05, 0.1) is 6.17 Å². The van der Waals surface area contributed by atoms with E-state index in [1.54, 1.807) is 58.9 Å². The van der Waals surface area contributed by atoms with Crippen molar-refractivity contribution in [1.82, 2.24) is 10.6 Å². The number of nitrogens with two attached hydrogens (primary N) is 1. The number of nitrogens with one attached hydrogen (secondary N) is 2. The third-order valence-corrected chi connectivity index (χ3v) is 7.40. The first kappa shape index (κ1) is 39.6. The molecule has 0 heterocycles. The van der Waals surface area contributed by atoms with Crippen molar-refractivity contribution in [2.45, 2.75) is 83.9 Å². The summed E-state index contributed by atoms with van der Waals surface area (Å²) in [7, 11) is -3.09. The topological polar surface area (TPSA) is 213 Å². The number of carbonyl (C=O) groups is 4. The molecule has 1 rings (SSSR count). The summed E-state index contributed by atoms with van der Waals surface area (Å²) in [6, 6.07) is 8.96. The predicted octanol–water partition coefficient (Wildman–Crippen LogP) is 4.43. The lowest BCUT2D eigenvalue weighted by Crippen LogP contribution is -2.45. The fraction of sp³-hybridized carbons (Fsp3) is 0.600. The molecular formula is C25H39F3N3O11P. The molecule has 0 saturated carbocycles. The number of alkyl carbamates (subject to hydrolysis) is 2. The molecule has 2 amide bonds. The summed E-state index contributed by atoms with van der Waals surface area (Å²) in [5.74, 6) is -5.83. The monoisotopic (exact) mass is 645 g/mol. The number of carboxylic acid groups (broad SMARTS) is 2. The number of benzene rings is 1. The maximum Gasteiger partial charge on any atom is 0.490 e. The van der Waals surface area contributed by atoms with Crippen LogP contribution in [0.25, 0.3) is 0 Å². The number of hydrogen-bond acceptors (Lipinski definition) is 10. The molecule has 0 radical (unpaired) electrons. The summed E-state index contributed by atoms with van der Waals surface area (Å²) in [5.41, 5.74) is 5.88. The fourth-order valence-electron chi connectivity index (χ4n) is 2.98. The van der Waals surface area contributed by atoms with Crippen LogP contribution in [0, 0.1) is 5.92 Å². The van der Waals surface area contributed by atoms with Crippen LogP contribution >= 0.6 is 7.60 Å². The Balaban J connectivity index is 0.00000223. The SMILES string of the molecule is COP(=O)(OC(CCC(N)NC(=O)OC(C)(C)C)C(=O)O)C(NC(=O)OCc1ccccc1)C(C)C.O=C(O)C(F)(F)F. The van der Waals surface area contributed by atoms with E-state index < -0.39 is 67.5 Å². The normalized spacial score (nSPS) is 15.0. The van der Waals surface area contributed by atoms with Gasteiger partial charge in [0.15, 0.2) is 6.10 Å². The Labute approximate surface area is 246 Å². The minimum atomic E-state index is -5.08. The molecule has 0 spiro atoms. The lowest BCUT2D eigenvalue weighted by molar-refractivity contribution is -0.192. The van der Waals surface area contributed by atoms with Crippen LogP contribution in [-0.4, -0.2) is 71.3 Å². The summed E-state index contributed by atoms with van der Waals surface area (Å²) in [4.78, 5) is 45.0. The van der Waals surface area contributed by atoms with E-state index in [4.69, 9.17) is 34.2 Å². The second-order valence-electron chi connectivity index (χ2n) is 10.2. The molecule has 43 heavy (non-hydrogen) atoms. The van der Waals surface area contributed by atoms with Crippen molar-refractivity contribution in [3.63, 3.8) is 0 Å². The Kier molecular flexibility index (Phi) is 16.3. The van der Waals surface area contributed by atoms with Crippen LogP contribution in [-0.2, 0) is 39.3 Å². The Morgan fingerprint density at radius 3 is 1.93 bits per heavy atom. The van der Waals surface area contributed by atoms with E-state index >= 15 is 0 Å². The standard InChI is InChI=1S/C23H38N3O9P.C2HF3O2/c1-15(2)19(26-21(29)33-14-16-10-8-7-9-11-16)36(31,32-6)35-17(20(27)28)12-13-18(24)25-22(30)34-23(3,4)5;3-2(4,5)1(6)7/h7-11,15,17-19H,12-14,24H2,1-6H3,(H,25,30)(H,26,29)(H,27,28);(H,6,7). The first-order chi connectivity index (χ1) is 19.6. The number of ether oxygens (including phenoxy) is 2. The Morgan fingerprint density at radius 1 is 0.977 bits per heavy atom. The predicted molar refractivity (Wildman–Crippen MR) is 146 cm³/mol. The highest BCUT2D eigenvalue weighted by Crippen LogP contribution is 2.55. The molecule has 1 aromatic rings. The van der Waals surface area contributed by atoms with Crippen LogP contribution in [0.15, 0.2) is 30.3 Å². The van der Waals surface area contributed by atoms with Gasteiger partial charge in [0.1, 0.15) is 18.0 Å². The Morgan fingerprint density at radius 2 is 1.51 bits per heavy atom. The van der Waals surface area contributed by atoms with Crippen LogP contribution in [0.1, 0.15) is 53.0 Å². The summed E-state index contributed by atoms with van der Waals surface area (Å²) >= 11 is 0. The zero-order chi connectivity index (χ0) is 33.6. The van der Waals surface area contributed by atoms with Crippen molar-refractivity contribution in [3.8, 4) is 0 Å². The molecule has 0 fully saturated rings. The first-order valence-corrected chi connectivity index (χ1v) is 14.3. The van der Waals surface area contributed by atoms with Crippen molar-refractivity contribution in [3.05, 3.63) is 35.9 Å². The van der Waals surface area contributed by atoms with Gasteiger partial charge in [-0.1, -0.05) is 44.2 Å². The molecule has 0 saturated heterocycles. The quantitative estimate of drug-likeness (QED) is 0.149. The lowest BCUT2D eigenvalue weighted by Gasteiger charge is -2.31. The molecule has 0 aliphatic rings. The minimum absolute atomic E-state index is 0.0179. The van der Waals surface area contributed by atoms with Crippen molar-refractivity contribution in [1.29, 1.82) is 0 Å². The van der Waals surface area contributed by atoms with E-state index in [1.807, 2.05) is 6.07 Å². The molecule has 0 aliphatic heterocycles. The van der Waals surface area contributed by atoms with Crippen molar-refractivity contribution < 1.29 is 65.6 Å². The van der Waals surface area contributed by atoms with Gasteiger partial charge >= 0.3 is 37.9 Å². The summed E-state index contributed by atoms with van der Waals surface area (Å²) < 4.78 is 66.1. The lowest BCUT2D eigenvalue weighted by atomic mass is 10.1. The summed E-state index contributed by atoms with van der Waals surface area (Å²) in [5, 5.41) is 21.6. The van der Waals surface area contributed by atoms with Gasteiger partial charge < -0.3 is 40.6 Å². The fourth-order valence-corrected chi connectivity index (χ4v) is 4.97. The highest BCUT2D eigenvalue weighted by Gasteiger charge is 2.43. The van der Waals surface area contributed by atoms with Crippen molar-refractivity contribution >= 4 is 31.7 Å². The van der Waals surface area contributed by atoms with Crippen molar-refractivity contribution in [2.24, 2.45) is 11.7 Å². The minimum Gasteiger partial charge on any atom is -0.479 e. The Bertz CT molecular complexity index is 1100. The number of hydrogen-bond donors (Lipinski definition) is 5. The molecule has 0 bridgehead atoms. The van der Waals surface area contributed by atoms with Crippen LogP contribution < -0.4 is 16.4 Å². The van der Waals surface area contributed by atoms with E-state index in [0.29, 0.717) is 0 Å². The number of alkyl halides is 3. The molecule has 0 aliphatic carbocycles. The Hall–Kier alpha value is -3.40. The number of carboxylic acids is 2. The molecule has 0 aromatic heterocycles. The zero-order valence-corrected chi connectivity index (χ0v) is 25.4. The van der Waals surface area contributed by atoms with Gasteiger partial charge in [-0.05, 0) is 45.1 Å². The average molecular weight is 646 g/mol. The maximum absolute atomic E-state index is 13.5. The molecular weight excluding hydrogens is 606 g/mol. The molecule has 1 aromatic carbocycles. The van der Waals surface area contributed by atoms with Gasteiger partial charge in [-0.25, -0.2) is 19.2 Å². The molecule has 4 atom stereocenters. The molecule has 246 valence electrons. The number of rotatable bonds is 13. The van der Waals surface area contributed by atoms with Crippen LogP contribution in [0.5, 0.6) is 0 Å². The second-order valence-corrected chi connectivity index (χ2v) is 12.4. The van der Waals surface area contributed by atoms with E-state index in [-0.39, 0.29) is 19.4 Å². The number of amides is 2. The molecule has 18 heteroatoms. The first-order valence-electron chi connectivity index (χ1n) is 12.7. The molecule has 14 nitrogen and oxygen atoms in total. The van der Waals surface area contributed by atoms with E-state index in [2.05, 4.69) is 10.6 Å². The summed E-state index contributed by atoms with van der Waals surface area (Å²) in [6.45, 7) is 8.36. The van der Waals surface area contributed by atoms with Gasteiger partial charge in [-0.15, -0.1) is 0 Å². The highest BCUT2D eigenvalue weighted by molar-refractivity contribution is 7.54. The molecule has 4 unspecified atom stereocenters. The largest absolute Gasteiger partial charge is 0.490 e. The van der Waals surface area contributed by atoms with E-state index in [1.165, 1.54) is 0 Å². The average Bonchev–Trinajstić information content (AvgIpc) is 2.87. The maximum atomic E-state index is 13.5. The number of halogens is 3. The van der Waals surface area contributed by atoms with Gasteiger partial charge in [0, 0.05) is 7.11 Å². The van der Waals surface area contributed by atoms with Gasteiger partial charge in [0.2, 0.25) is 0 Å². The third kappa shape index (κ3) is 16.7. The molecule has 6 N–H and O–H groups in total. The van der Waals surface area contributed by atoms with Gasteiger partial charge in [0.25, 0.3) is 0 Å². The smallest absolute Gasteiger partial charge is 0.479 e. The van der Waals surface area contributed by atoms with E-state index in [9.17, 15) is 37.2 Å². The van der Waals surface area contributed by atoms with Gasteiger partial charge in [-0.3, -0.25) is 9.09 Å². The summed E-state index contributed by atoms with van der Waals surface area (Å²) in [6.07, 6.45) is -9.48. The van der Waals surface area contributed by atoms with E-state index in [0.717, 1.165) is 12.7 Å². The van der Waals surface area contributed by atoms with Crippen LogP contribution in [0.2, 0.25) is 0 Å². The second kappa shape index (κ2) is 17.7. The van der Waals surface area contributed by atoms with Crippen LogP contribution in [0.3, 0.4) is 0 Å².